The fourth-order valence-corrected chi connectivity index (χ4v) is 2.80. The van der Waals surface area contributed by atoms with E-state index < -0.39 is 0 Å². The summed E-state index contributed by atoms with van der Waals surface area (Å²) in [6, 6.07) is 9.48. The Morgan fingerprint density at radius 3 is 2.50 bits per heavy atom. The van der Waals surface area contributed by atoms with Crippen molar-refractivity contribution < 1.29 is 14.1 Å². The number of aryl methyl sites for hydroxylation is 1. The third-order valence-electron chi connectivity index (χ3n) is 4.34. The van der Waals surface area contributed by atoms with Crippen LogP contribution in [0, 0.1) is 12.8 Å². The van der Waals surface area contributed by atoms with Crippen LogP contribution in [0.1, 0.15) is 28.9 Å². The Kier molecular flexibility index (Phi) is 4.38. The summed E-state index contributed by atoms with van der Waals surface area (Å²) in [5.41, 5.74) is 2.29. The topological polar surface area (TPSA) is 75.4 Å². The van der Waals surface area contributed by atoms with E-state index in [1.165, 1.54) is 0 Å². The third-order valence-corrected chi connectivity index (χ3v) is 4.34. The van der Waals surface area contributed by atoms with Crippen LogP contribution in [0.2, 0.25) is 0 Å². The van der Waals surface area contributed by atoms with Gasteiger partial charge in [0.25, 0.3) is 5.91 Å². The molecule has 1 fully saturated rings. The molecule has 1 aromatic carbocycles. The molecule has 6 heteroatoms. The molecule has 0 bridgehead atoms. The van der Waals surface area contributed by atoms with E-state index in [9.17, 15) is 9.59 Å². The molecule has 2 amide bonds. The molecule has 0 unspecified atom stereocenters. The van der Waals surface area contributed by atoms with Crippen LogP contribution < -0.4 is 5.32 Å². The van der Waals surface area contributed by atoms with E-state index in [0.29, 0.717) is 18.6 Å². The largest absolute Gasteiger partial charge is 0.355 e. The molecule has 1 aromatic heterocycles. The van der Waals surface area contributed by atoms with E-state index in [-0.39, 0.29) is 29.5 Å². The summed E-state index contributed by atoms with van der Waals surface area (Å²) >= 11 is 0. The number of carbonyl (C=O) groups is 2. The Bertz CT molecular complexity index is 743. The van der Waals surface area contributed by atoms with Gasteiger partial charge in [0.05, 0.1) is 0 Å². The molecule has 0 aliphatic heterocycles. The molecule has 6 nitrogen and oxygen atoms in total. The monoisotopic (exact) mass is 327 g/mol. The van der Waals surface area contributed by atoms with Crippen molar-refractivity contribution >= 4 is 11.8 Å². The molecule has 1 saturated carbocycles. The van der Waals surface area contributed by atoms with Crippen LogP contribution in [0.25, 0.3) is 11.3 Å². The van der Waals surface area contributed by atoms with Gasteiger partial charge in [-0.25, -0.2) is 0 Å². The van der Waals surface area contributed by atoms with Crippen LogP contribution in [0.4, 0.5) is 0 Å². The smallest absolute Gasteiger partial charge is 0.273 e. The molecule has 2 aromatic rings. The molecule has 1 aliphatic carbocycles. The second kappa shape index (κ2) is 6.47. The Morgan fingerprint density at radius 1 is 1.21 bits per heavy atom. The standard InChI is InChI=1S/C18H21N3O3/c1-11-4-6-12(7-5-11)16-10-15(20-24-16)17(22)19-14-8-13(9-14)18(23)21(2)3/h4-7,10,13-14H,8-9H2,1-3H3,(H,19,22). The van der Waals surface area contributed by atoms with Crippen molar-refractivity contribution in [2.75, 3.05) is 14.1 Å². The number of hydrogen-bond donors (Lipinski definition) is 1. The van der Waals surface area contributed by atoms with E-state index in [2.05, 4.69) is 10.5 Å². The lowest BCUT2D eigenvalue weighted by molar-refractivity contribution is -0.136. The van der Waals surface area contributed by atoms with Gasteiger partial charge in [-0.05, 0) is 19.8 Å². The van der Waals surface area contributed by atoms with E-state index in [1.807, 2.05) is 31.2 Å². The zero-order valence-corrected chi connectivity index (χ0v) is 14.1. The molecule has 1 aliphatic rings. The first-order valence-corrected chi connectivity index (χ1v) is 8.00. The van der Waals surface area contributed by atoms with E-state index >= 15 is 0 Å². The predicted molar refractivity (Wildman–Crippen MR) is 89.3 cm³/mol. The van der Waals surface area contributed by atoms with Crippen LogP contribution >= 0.6 is 0 Å². The summed E-state index contributed by atoms with van der Waals surface area (Å²) in [4.78, 5) is 25.6. The SMILES string of the molecule is Cc1ccc(-c2cc(C(=O)NC3CC(C(=O)N(C)C)C3)no2)cc1. The van der Waals surface area contributed by atoms with Gasteiger partial charge >= 0.3 is 0 Å². The van der Waals surface area contributed by atoms with Gasteiger partial charge in [-0.2, -0.15) is 0 Å². The number of amides is 2. The quantitative estimate of drug-likeness (QED) is 0.934. The molecule has 0 atom stereocenters. The first kappa shape index (κ1) is 16.2. The second-order valence-electron chi connectivity index (χ2n) is 6.51. The minimum Gasteiger partial charge on any atom is -0.355 e. The van der Waals surface area contributed by atoms with Crippen molar-refractivity contribution in [3.8, 4) is 11.3 Å². The summed E-state index contributed by atoms with van der Waals surface area (Å²) in [5.74, 6) is 0.418. The summed E-state index contributed by atoms with van der Waals surface area (Å²) in [5, 5.41) is 6.74. The van der Waals surface area contributed by atoms with Crippen molar-refractivity contribution in [3.05, 3.63) is 41.6 Å². The molecule has 0 saturated heterocycles. The number of rotatable bonds is 4. The van der Waals surface area contributed by atoms with Crippen molar-refractivity contribution in [1.29, 1.82) is 0 Å². The Balaban J connectivity index is 1.57. The number of aromatic nitrogens is 1. The van der Waals surface area contributed by atoms with Crippen LogP contribution in [0.15, 0.2) is 34.9 Å². The number of benzene rings is 1. The fraction of sp³-hybridized carbons (Fsp3) is 0.389. The maximum atomic E-state index is 12.2. The maximum Gasteiger partial charge on any atom is 0.273 e. The van der Waals surface area contributed by atoms with Crippen molar-refractivity contribution in [1.82, 2.24) is 15.4 Å². The molecule has 24 heavy (non-hydrogen) atoms. The number of nitrogens with one attached hydrogen (secondary N) is 1. The Morgan fingerprint density at radius 2 is 1.88 bits per heavy atom. The Labute approximate surface area is 140 Å². The summed E-state index contributed by atoms with van der Waals surface area (Å²) in [6.07, 6.45) is 1.34. The molecule has 1 heterocycles. The van der Waals surface area contributed by atoms with Crippen molar-refractivity contribution in [2.24, 2.45) is 5.92 Å². The zero-order valence-electron chi connectivity index (χ0n) is 14.1. The van der Waals surface area contributed by atoms with Gasteiger partial charge in [0, 0.05) is 37.7 Å². The van der Waals surface area contributed by atoms with Gasteiger partial charge in [0.15, 0.2) is 11.5 Å². The minimum absolute atomic E-state index is 0.00530. The molecule has 1 N–H and O–H groups in total. The number of hydrogen-bond acceptors (Lipinski definition) is 4. The molecule has 3 rings (SSSR count). The van der Waals surface area contributed by atoms with Crippen molar-refractivity contribution in [3.63, 3.8) is 0 Å². The van der Waals surface area contributed by atoms with Gasteiger partial charge in [-0.1, -0.05) is 35.0 Å². The first-order valence-electron chi connectivity index (χ1n) is 8.00. The average Bonchev–Trinajstić information content (AvgIpc) is 3.00. The minimum atomic E-state index is -0.266. The normalized spacial score (nSPS) is 19.5. The van der Waals surface area contributed by atoms with Crippen LogP contribution in [0.5, 0.6) is 0 Å². The van der Waals surface area contributed by atoms with Gasteiger partial charge in [-0.3, -0.25) is 9.59 Å². The predicted octanol–water partition coefficient (Wildman–Crippen LogP) is 2.25. The zero-order chi connectivity index (χ0) is 17.3. The number of carbonyl (C=O) groups excluding carboxylic acids is 2. The highest BCUT2D eigenvalue weighted by molar-refractivity contribution is 5.93. The van der Waals surface area contributed by atoms with Crippen LogP contribution in [-0.4, -0.2) is 42.0 Å². The summed E-state index contributed by atoms with van der Waals surface area (Å²) in [7, 11) is 3.49. The van der Waals surface area contributed by atoms with Crippen LogP contribution in [-0.2, 0) is 4.79 Å². The highest BCUT2D eigenvalue weighted by Gasteiger charge is 2.36. The van der Waals surface area contributed by atoms with Crippen molar-refractivity contribution in [2.45, 2.75) is 25.8 Å². The highest BCUT2D eigenvalue weighted by Crippen LogP contribution is 2.29. The van der Waals surface area contributed by atoms with E-state index in [4.69, 9.17) is 4.52 Å². The van der Waals surface area contributed by atoms with E-state index in [0.717, 1.165) is 11.1 Å². The number of nitrogens with zero attached hydrogens (tertiary/aromatic N) is 2. The molecule has 126 valence electrons. The molecular weight excluding hydrogens is 306 g/mol. The lowest BCUT2D eigenvalue weighted by Crippen LogP contribution is -2.49. The lowest BCUT2D eigenvalue weighted by Gasteiger charge is -2.35. The van der Waals surface area contributed by atoms with Gasteiger partial charge in [-0.15, -0.1) is 0 Å². The molecule has 0 spiro atoms. The first-order chi connectivity index (χ1) is 11.4. The lowest BCUT2D eigenvalue weighted by atomic mass is 9.79. The van der Waals surface area contributed by atoms with Gasteiger partial charge < -0.3 is 14.7 Å². The average molecular weight is 327 g/mol. The Hall–Kier alpha value is -2.63. The molecular formula is C18H21N3O3. The van der Waals surface area contributed by atoms with Gasteiger partial charge in [0.2, 0.25) is 5.91 Å². The maximum absolute atomic E-state index is 12.2. The van der Waals surface area contributed by atoms with E-state index in [1.54, 1.807) is 25.1 Å². The summed E-state index contributed by atoms with van der Waals surface area (Å²) in [6.45, 7) is 2.01. The van der Waals surface area contributed by atoms with Gasteiger partial charge in [0.1, 0.15) is 0 Å². The van der Waals surface area contributed by atoms with Crippen LogP contribution in [0.3, 0.4) is 0 Å². The summed E-state index contributed by atoms with van der Waals surface area (Å²) < 4.78 is 5.26. The fourth-order valence-electron chi connectivity index (χ4n) is 2.80. The highest BCUT2D eigenvalue weighted by atomic mass is 16.5. The molecule has 0 radical (unpaired) electrons. The third kappa shape index (κ3) is 3.32. The second-order valence-corrected chi connectivity index (χ2v) is 6.51.